The molecular formula is C12H20ClN3. The Morgan fingerprint density at radius 1 is 1.44 bits per heavy atom. The minimum atomic E-state index is 0.405. The van der Waals surface area contributed by atoms with E-state index in [1.165, 1.54) is 17.8 Å². The standard InChI is InChI=1S/C12H20ClN3/c1-9-10(7-13)11(15(4)14-9)16-6-5-12(2,3)8-16/h5-8H2,1-4H3. The summed E-state index contributed by atoms with van der Waals surface area (Å²) in [4.78, 5) is 2.41. The van der Waals surface area contributed by atoms with Crippen LogP contribution in [0.3, 0.4) is 0 Å². The summed E-state index contributed by atoms with van der Waals surface area (Å²) >= 11 is 6.02. The highest BCUT2D eigenvalue weighted by Gasteiger charge is 2.32. The second-order valence-corrected chi connectivity index (χ2v) is 5.75. The Hall–Kier alpha value is -0.700. The van der Waals surface area contributed by atoms with Gasteiger partial charge in [-0.25, -0.2) is 0 Å². The zero-order chi connectivity index (χ0) is 11.9. The predicted molar refractivity (Wildman–Crippen MR) is 68.1 cm³/mol. The summed E-state index contributed by atoms with van der Waals surface area (Å²) in [5.41, 5.74) is 2.64. The van der Waals surface area contributed by atoms with Crippen molar-refractivity contribution in [1.29, 1.82) is 0 Å². The summed E-state index contributed by atoms with van der Waals surface area (Å²) in [6, 6.07) is 0. The van der Waals surface area contributed by atoms with Crippen molar-refractivity contribution in [2.75, 3.05) is 18.0 Å². The highest BCUT2D eigenvalue weighted by Crippen LogP contribution is 2.35. The molecule has 1 aromatic heterocycles. The molecule has 2 rings (SSSR count). The van der Waals surface area contributed by atoms with Crippen molar-refractivity contribution in [3.63, 3.8) is 0 Å². The van der Waals surface area contributed by atoms with Gasteiger partial charge >= 0.3 is 0 Å². The van der Waals surface area contributed by atoms with Crippen LogP contribution in [-0.4, -0.2) is 22.9 Å². The first kappa shape index (κ1) is 11.8. The molecular weight excluding hydrogens is 222 g/mol. The van der Waals surface area contributed by atoms with Gasteiger partial charge in [-0.05, 0) is 18.8 Å². The van der Waals surface area contributed by atoms with Crippen LogP contribution in [0.5, 0.6) is 0 Å². The third kappa shape index (κ3) is 1.93. The quantitative estimate of drug-likeness (QED) is 0.743. The first-order valence-corrected chi connectivity index (χ1v) is 6.31. The lowest BCUT2D eigenvalue weighted by atomic mass is 9.93. The van der Waals surface area contributed by atoms with E-state index in [9.17, 15) is 0 Å². The SMILES string of the molecule is Cc1nn(C)c(N2CCC(C)(C)C2)c1CCl. The van der Waals surface area contributed by atoms with E-state index in [0.29, 0.717) is 11.3 Å². The minimum absolute atomic E-state index is 0.405. The molecule has 2 heterocycles. The maximum atomic E-state index is 6.02. The van der Waals surface area contributed by atoms with Gasteiger partial charge in [-0.15, -0.1) is 11.6 Å². The van der Waals surface area contributed by atoms with E-state index in [4.69, 9.17) is 11.6 Å². The highest BCUT2D eigenvalue weighted by atomic mass is 35.5. The number of alkyl halides is 1. The number of hydrogen-bond donors (Lipinski definition) is 0. The van der Waals surface area contributed by atoms with Crippen LogP contribution in [-0.2, 0) is 12.9 Å². The molecule has 0 bridgehead atoms. The van der Waals surface area contributed by atoms with Gasteiger partial charge in [0.15, 0.2) is 0 Å². The Morgan fingerprint density at radius 3 is 2.62 bits per heavy atom. The lowest BCUT2D eigenvalue weighted by Crippen LogP contribution is -2.25. The molecule has 1 aromatic rings. The van der Waals surface area contributed by atoms with Crippen LogP contribution >= 0.6 is 11.6 Å². The van der Waals surface area contributed by atoms with Gasteiger partial charge in [0.2, 0.25) is 0 Å². The molecule has 1 saturated heterocycles. The van der Waals surface area contributed by atoms with E-state index >= 15 is 0 Å². The summed E-state index contributed by atoms with van der Waals surface area (Å²) in [7, 11) is 2.00. The van der Waals surface area contributed by atoms with Crippen molar-refractivity contribution in [2.45, 2.75) is 33.1 Å². The number of aryl methyl sites for hydroxylation is 2. The van der Waals surface area contributed by atoms with Crippen molar-refractivity contribution in [1.82, 2.24) is 9.78 Å². The van der Waals surface area contributed by atoms with Gasteiger partial charge in [0.05, 0.1) is 11.6 Å². The average molecular weight is 242 g/mol. The fraction of sp³-hybridized carbons (Fsp3) is 0.750. The Balaban J connectivity index is 2.34. The summed E-state index contributed by atoms with van der Waals surface area (Å²) < 4.78 is 1.97. The Labute approximate surface area is 102 Å². The Kier molecular flexibility index (Phi) is 2.91. The van der Waals surface area contributed by atoms with Crippen LogP contribution in [0.2, 0.25) is 0 Å². The third-order valence-corrected chi connectivity index (χ3v) is 3.69. The molecule has 0 atom stereocenters. The summed E-state index contributed by atoms with van der Waals surface area (Å²) in [6.07, 6.45) is 1.24. The second-order valence-electron chi connectivity index (χ2n) is 5.48. The molecule has 0 aromatic carbocycles. The third-order valence-electron chi connectivity index (χ3n) is 3.42. The van der Waals surface area contributed by atoms with E-state index in [-0.39, 0.29) is 0 Å². The van der Waals surface area contributed by atoms with Crippen LogP contribution in [0.1, 0.15) is 31.5 Å². The molecule has 0 radical (unpaired) electrons. The number of nitrogens with zero attached hydrogens (tertiary/aromatic N) is 3. The van der Waals surface area contributed by atoms with Crippen molar-refractivity contribution in [2.24, 2.45) is 12.5 Å². The smallest absolute Gasteiger partial charge is 0.131 e. The summed E-state index contributed by atoms with van der Waals surface area (Å²) in [5.74, 6) is 1.75. The molecule has 4 heteroatoms. The zero-order valence-electron chi connectivity index (χ0n) is 10.5. The maximum absolute atomic E-state index is 6.02. The van der Waals surface area contributed by atoms with Gasteiger partial charge in [-0.3, -0.25) is 4.68 Å². The first-order valence-electron chi connectivity index (χ1n) is 5.78. The number of aromatic nitrogens is 2. The van der Waals surface area contributed by atoms with Crippen LogP contribution in [0.25, 0.3) is 0 Å². The average Bonchev–Trinajstić information content (AvgIpc) is 2.66. The van der Waals surface area contributed by atoms with Crippen LogP contribution in [0, 0.1) is 12.3 Å². The van der Waals surface area contributed by atoms with E-state index in [1.807, 2.05) is 18.7 Å². The fourth-order valence-electron chi connectivity index (χ4n) is 2.54. The molecule has 0 unspecified atom stereocenters. The Bertz CT molecular complexity index is 395. The van der Waals surface area contributed by atoms with Crippen LogP contribution in [0.4, 0.5) is 5.82 Å². The lowest BCUT2D eigenvalue weighted by Gasteiger charge is -2.22. The maximum Gasteiger partial charge on any atom is 0.131 e. The monoisotopic (exact) mass is 241 g/mol. The summed E-state index contributed by atoms with van der Waals surface area (Å²) in [6.45, 7) is 8.86. The van der Waals surface area contributed by atoms with Crippen LogP contribution < -0.4 is 4.90 Å². The highest BCUT2D eigenvalue weighted by molar-refractivity contribution is 6.17. The van der Waals surface area contributed by atoms with Crippen molar-refractivity contribution < 1.29 is 0 Å². The minimum Gasteiger partial charge on any atom is -0.356 e. The molecule has 3 nitrogen and oxygen atoms in total. The van der Waals surface area contributed by atoms with Gasteiger partial charge in [-0.1, -0.05) is 13.8 Å². The summed E-state index contributed by atoms with van der Waals surface area (Å²) in [5, 5.41) is 4.46. The van der Waals surface area contributed by atoms with E-state index in [0.717, 1.165) is 18.8 Å². The van der Waals surface area contributed by atoms with Gasteiger partial charge in [0.1, 0.15) is 5.82 Å². The molecule has 90 valence electrons. The molecule has 0 N–H and O–H groups in total. The zero-order valence-corrected chi connectivity index (χ0v) is 11.3. The van der Waals surface area contributed by atoms with Gasteiger partial charge < -0.3 is 4.90 Å². The predicted octanol–water partition coefficient (Wildman–Crippen LogP) is 2.70. The Morgan fingerprint density at radius 2 is 2.12 bits per heavy atom. The first-order chi connectivity index (χ1) is 7.44. The number of halogens is 1. The second kappa shape index (κ2) is 3.95. The number of anilines is 1. The topological polar surface area (TPSA) is 21.1 Å². The van der Waals surface area contributed by atoms with Crippen molar-refractivity contribution >= 4 is 17.4 Å². The molecule has 16 heavy (non-hydrogen) atoms. The molecule has 1 fully saturated rings. The van der Waals surface area contributed by atoms with Gasteiger partial charge in [0.25, 0.3) is 0 Å². The lowest BCUT2D eigenvalue weighted by molar-refractivity contribution is 0.418. The fourth-order valence-corrected chi connectivity index (χ4v) is 2.85. The molecule has 1 aliphatic heterocycles. The largest absolute Gasteiger partial charge is 0.356 e. The van der Waals surface area contributed by atoms with Crippen molar-refractivity contribution in [3.05, 3.63) is 11.3 Å². The molecule has 0 aliphatic carbocycles. The molecule has 0 amide bonds. The van der Waals surface area contributed by atoms with Crippen LogP contribution in [0.15, 0.2) is 0 Å². The van der Waals surface area contributed by atoms with Gasteiger partial charge in [0, 0.05) is 25.7 Å². The number of hydrogen-bond acceptors (Lipinski definition) is 2. The molecule has 0 spiro atoms. The van der Waals surface area contributed by atoms with Crippen molar-refractivity contribution in [3.8, 4) is 0 Å². The molecule has 1 aliphatic rings. The number of rotatable bonds is 2. The van der Waals surface area contributed by atoms with E-state index < -0.39 is 0 Å². The normalized spacial score (nSPS) is 19.4. The van der Waals surface area contributed by atoms with E-state index in [2.05, 4.69) is 23.8 Å². The van der Waals surface area contributed by atoms with E-state index in [1.54, 1.807) is 0 Å². The van der Waals surface area contributed by atoms with Gasteiger partial charge in [-0.2, -0.15) is 5.10 Å². The molecule has 0 saturated carbocycles.